The summed E-state index contributed by atoms with van der Waals surface area (Å²) in [4.78, 5) is 4.17. The normalized spacial score (nSPS) is 20.6. The van der Waals surface area contributed by atoms with Gasteiger partial charge in [0.1, 0.15) is 5.15 Å². The van der Waals surface area contributed by atoms with E-state index < -0.39 is 0 Å². The van der Waals surface area contributed by atoms with Crippen molar-refractivity contribution in [2.75, 3.05) is 0 Å². The van der Waals surface area contributed by atoms with E-state index in [0.717, 1.165) is 17.4 Å². The molecule has 25 heavy (non-hydrogen) atoms. The van der Waals surface area contributed by atoms with E-state index >= 15 is 0 Å². The summed E-state index contributed by atoms with van der Waals surface area (Å²) in [5, 5.41) is 0.546. The Morgan fingerprint density at radius 1 is 0.880 bits per heavy atom. The predicted molar refractivity (Wildman–Crippen MR) is 108 cm³/mol. The number of aromatic nitrogens is 1. The fourth-order valence-corrected chi connectivity index (χ4v) is 4.19. The van der Waals surface area contributed by atoms with Gasteiger partial charge in [0.15, 0.2) is 0 Å². The van der Waals surface area contributed by atoms with Crippen LogP contribution in [0.25, 0.3) is 11.1 Å². The first kappa shape index (κ1) is 18.5. The van der Waals surface area contributed by atoms with E-state index in [1.165, 1.54) is 68.9 Å². The summed E-state index contributed by atoms with van der Waals surface area (Å²) in [7, 11) is 0. The average molecular weight is 356 g/mol. The van der Waals surface area contributed by atoms with Crippen LogP contribution in [0.3, 0.4) is 0 Å². The molecule has 0 spiro atoms. The van der Waals surface area contributed by atoms with Crippen LogP contribution in [-0.2, 0) is 6.42 Å². The molecule has 0 atom stereocenters. The number of rotatable bonds is 7. The molecule has 1 aromatic carbocycles. The van der Waals surface area contributed by atoms with Gasteiger partial charge in [0.05, 0.1) is 0 Å². The van der Waals surface area contributed by atoms with Crippen LogP contribution in [0.1, 0.15) is 63.9 Å². The molecule has 1 saturated carbocycles. The molecule has 0 radical (unpaired) electrons. The Bertz CT molecular complexity index is 624. The second kappa shape index (κ2) is 9.38. The van der Waals surface area contributed by atoms with Crippen molar-refractivity contribution < 1.29 is 0 Å². The predicted octanol–water partition coefficient (Wildman–Crippen LogP) is 7.33. The molecule has 1 fully saturated rings. The van der Waals surface area contributed by atoms with Crippen LogP contribution >= 0.6 is 11.6 Å². The highest BCUT2D eigenvalue weighted by molar-refractivity contribution is 6.29. The number of nitrogens with zero attached hydrogens (tertiary/aromatic N) is 1. The Hall–Kier alpha value is -1.34. The van der Waals surface area contributed by atoms with Crippen LogP contribution in [0.4, 0.5) is 0 Å². The average Bonchev–Trinajstić information content (AvgIpc) is 2.67. The third-order valence-electron chi connectivity index (χ3n) is 5.79. The van der Waals surface area contributed by atoms with E-state index in [1.54, 1.807) is 0 Å². The Kier molecular flexibility index (Phi) is 6.93. The van der Waals surface area contributed by atoms with Crippen molar-refractivity contribution >= 4 is 11.6 Å². The van der Waals surface area contributed by atoms with Crippen molar-refractivity contribution in [3.05, 3.63) is 53.3 Å². The van der Waals surface area contributed by atoms with E-state index in [1.807, 2.05) is 18.3 Å². The molecular weight excluding hydrogens is 326 g/mol. The number of hydrogen-bond donors (Lipinski definition) is 0. The zero-order valence-corrected chi connectivity index (χ0v) is 16.1. The van der Waals surface area contributed by atoms with Crippen molar-refractivity contribution in [3.8, 4) is 11.1 Å². The van der Waals surface area contributed by atoms with E-state index in [9.17, 15) is 0 Å². The minimum Gasteiger partial charge on any atom is -0.244 e. The monoisotopic (exact) mass is 355 g/mol. The topological polar surface area (TPSA) is 12.9 Å². The first-order valence-electron chi connectivity index (χ1n) is 9.95. The lowest BCUT2D eigenvalue weighted by Crippen LogP contribution is -2.15. The van der Waals surface area contributed by atoms with Gasteiger partial charge >= 0.3 is 0 Å². The van der Waals surface area contributed by atoms with Crippen molar-refractivity contribution in [2.45, 2.75) is 64.7 Å². The molecule has 1 nitrogen and oxygen atoms in total. The zero-order valence-electron chi connectivity index (χ0n) is 15.4. The number of benzene rings is 1. The van der Waals surface area contributed by atoms with Gasteiger partial charge in [0, 0.05) is 11.8 Å². The summed E-state index contributed by atoms with van der Waals surface area (Å²) < 4.78 is 0. The van der Waals surface area contributed by atoms with Gasteiger partial charge in [-0.1, -0.05) is 87.7 Å². The lowest BCUT2D eigenvalue weighted by Gasteiger charge is -2.28. The Labute approximate surface area is 157 Å². The lowest BCUT2D eigenvalue weighted by atomic mass is 9.78. The van der Waals surface area contributed by atoms with Gasteiger partial charge in [0.25, 0.3) is 0 Å². The largest absolute Gasteiger partial charge is 0.244 e. The number of aryl methyl sites for hydroxylation is 1. The third-order valence-corrected chi connectivity index (χ3v) is 6.01. The standard InChI is InChI=1S/C23H30ClN/c1-2-3-4-18-5-7-19(8-6-18)9-10-20-11-13-21(14-12-20)22-15-16-23(24)25-17-22/h11-19H,2-10H2,1H3/t18-,19-. The summed E-state index contributed by atoms with van der Waals surface area (Å²) in [6, 6.07) is 12.8. The lowest BCUT2D eigenvalue weighted by molar-refractivity contribution is 0.250. The van der Waals surface area contributed by atoms with Gasteiger partial charge in [-0.2, -0.15) is 0 Å². The van der Waals surface area contributed by atoms with Gasteiger partial charge in [0.2, 0.25) is 0 Å². The maximum Gasteiger partial charge on any atom is 0.129 e. The fraction of sp³-hybridized carbons (Fsp3) is 0.522. The molecule has 0 bridgehead atoms. The molecular formula is C23H30ClN. The molecule has 0 N–H and O–H groups in total. The fourth-order valence-electron chi connectivity index (χ4n) is 4.08. The molecule has 0 amide bonds. The highest BCUT2D eigenvalue weighted by Gasteiger charge is 2.20. The van der Waals surface area contributed by atoms with Gasteiger partial charge in [-0.3, -0.25) is 0 Å². The first-order valence-corrected chi connectivity index (χ1v) is 10.3. The second-order valence-electron chi connectivity index (χ2n) is 7.63. The quantitative estimate of drug-likeness (QED) is 0.473. The summed E-state index contributed by atoms with van der Waals surface area (Å²) in [5.41, 5.74) is 3.80. The summed E-state index contributed by atoms with van der Waals surface area (Å²) >= 11 is 5.86. The molecule has 0 aliphatic heterocycles. The molecule has 2 aromatic rings. The highest BCUT2D eigenvalue weighted by Crippen LogP contribution is 2.34. The Balaban J connectivity index is 1.45. The van der Waals surface area contributed by atoms with E-state index in [4.69, 9.17) is 11.6 Å². The summed E-state index contributed by atoms with van der Waals surface area (Å²) in [6.45, 7) is 2.31. The van der Waals surface area contributed by atoms with Crippen molar-refractivity contribution in [2.24, 2.45) is 11.8 Å². The maximum atomic E-state index is 5.86. The Morgan fingerprint density at radius 3 is 2.12 bits per heavy atom. The SMILES string of the molecule is CCCC[C@H]1CC[C@H](CCc2ccc(-c3ccc(Cl)nc3)cc2)CC1. The van der Waals surface area contributed by atoms with Crippen LogP contribution in [0.2, 0.25) is 5.15 Å². The minimum absolute atomic E-state index is 0.546. The van der Waals surface area contributed by atoms with Crippen molar-refractivity contribution in [3.63, 3.8) is 0 Å². The van der Waals surface area contributed by atoms with Crippen LogP contribution < -0.4 is 0 Å². The molecule has 1 aliphatic carbocycles. The minimum atomic E-state index is 0.546. The highest BCUT2D eigenvalue weighted by atomic mass is 35.5. The van der Waals surface area contributed by atoms with Crippen LogP contribution in [0, 0.1) is 11.8 Å². The Morgan fingerprint density at radius 2 is 1.52 bits per heavy atom. The zero-order chi connectivity index (χ0) is 17.5. The van der Waals surface area contributed by atoms with Gasteiger partial charge < -0.3 is 0 Å². The van der Waals surface area contributed by atoms with Gasteiger partial charge in [-0.05, 0) is 47.9 Å². The number of halogens is 1. The third kappa shape index (κ3) is 5.57. The first-order chi connectivity index (χ1) is 12.2. The van der Waals surface area contributed by atoms with E-state index in [0.29, 0.717) is 5.15 Å². The molecule has 134 valence electrons. The number of pyridine rings is 1. The smallest absolute Gasteiger partial charge is 0.129 e. The molecule has 0 unspecified atom stereocenters. The van der Waals surface area contributed by atoms with Crippen molar-refractivity contribution in [1.29, 1.82) is 0 Å². The summed E-state index contributed by atoms with van der Waals surface area (Å²) in [5.74, 6) is 1.96. The number of hydrogen-bond acceptors (Lipinski definition) is 1. The molecule has 2 heteroatoms. The van der Waals surface area contributed by atoms with E-state index in [-0.39, 0.29) is 0 Å². The maximum absolute atomic E-state index is 5.86. The van der Waals surface area contributed by atoms with Crippen LogP contribution in [-0.4, -0.2) is 4.98 Å². The molecule has 0 saturated heterocycles. The second-order valence-corrected chi connectivity index (χ2v) is 8.02. The number of unbranched alkanes of at least 4 members (excludes halogenated alkanes) is 1. The molecule has 1 heterocycles. The van der Waals surface area contributed by atoms with E-state index in [2.05, 4.69) is 36.2 Å². The van der Waals surface area contributed by atoms with Crippen LogP contribution in [0.5, 0.6) is 0 Å². The van der Waals surface area contributed by atoms with Gasteiger partial charge in [-0.15, -0.1) is 0 Å². The molecule has 1 aromatic heterocycles. The van der Waals surface area contributed by atoms with Gasteiger partial charge in [-0.25, -0.2) is 4.98 Å². The molecule has 3 rings (SSSR count). The molecule has 1 aliphatic rings. The van der Waals surface area contributed by atoms with Crippen molar-refractivity contribution in [1.82, 2.24) is 4.98 Å². The summed E-state index contributed by atoms with van der Waals surface area (Å²) in [6.07, 6.45) is 14.5. The van der Waals surface area contributed by atoms with Crippen LogP contribution in [0.15, 0.2) is 42.6 Å².